The quantitative estimate of drug-likeness (QED) is 0.408. The Kier molecular flexibility index (Phi) is 4.46. The Morgan fingerprint density at radius 1 is 1.18 bits per heavy atom. The van der Waals surface area contributed by atoms with Crippen molar-refractivity contribution in [3.63, 3.8) is 0 Å². The highest BCUT2D eigenvalue weighted by Gasteiger charge is 2.11. The van der Waals surface area contributed by atoms with Crippen molar-refractivity contribution in [1.82, 2.24) is 0 Å². The molecule has 0 atom stereocenters. The average Bonchev–Trinajstić information content (AvgIpc) is 2.47. The van der Waals surface area contributed by atoms with Crippen molar-refractivity contribution < 1.29 is 14.6 Å². The lowest BCUT2D eigenvalue weighted by Crippen LogP contribution is -2.08. The van der Waals surface area contributed by atoms with Gasteiger partial charge in [0, 0.05) is 37.0 Å². The molecule has 5 heteroatoms. The smallest absolute Gasteiger partial charge is 0.335 e. The molecule has 0 unspecified atom stereocenters. The van der Waals surface area contributed by atoms with Crippen LogP contribution < -0.4 is 4.90 Å². The van der Waals surface area contributed by atoms with Crippen molar-refractivity contribution in [3.8, 4) is 0 Å². The van der Waals surface area contributed by atoms with Gasteiger partial charge in [0.1, 0.15) is 0 Å². The minimum absolute atomic E-state index is 0.171. The fourth-order valence-electron chi connectivity index (χ4n) is 2.10. The summed E-state index contributed by atoms with van der Waals surface area (Å²) >= 11 is 0. The summed E-state index contributed by atoms with van der Waals surface area (Å²) in [6, 6.07) is 12.0. The Hall–Kier alpha value is -2.82. The van der Waals surface area contributed by atoms with Crippen LogP contribution in [0.4, 0.5) is 11.4 Å². The summed E-state index contributed by atoms with van der Waals surface area (Å²) in [7, 11) is 3.90. The third kappa shape index (κ3) is 3.44. The fourth-order valence-corrected chi connectivity index (χ4v) is 2.10. The number of hydrogen-bond acceptors (Lipinski definition) is 3. The molecule has 0 fully saturated rings. The minimum atomic E-state index is -1.00. The maximum Gasteiger partial charge on any atom is 0.335 e. The van der Waals surface area contributed by atoms with E-state index < -0.39 is 5.97 Å². The number of carbonyl (C=O) groups is 1. The van der Waals surface area contributed by atoms with Crippen LogP contribution in [0.3, 0.4) is 0 Å². The standard InChI is InChI=1S/C17H18N2O3/c1-12-10-14(17(20)21)6-9-16(12)19(22)11-13-4-7-15(8-5-13)18(2)3/h4-11H,1-3H3,(H,20,21). The van der Waals surface area contributed by atoms with Crippen LogP contribution in [0.1, 0.15) is 21.5 Å². The third-order valence-corrected chi connectivity index (χ3v) is 3.36. The van der Waals surface area contributed by atoms with Gasteiger partial charge in [0.2, 0.25) is 5.69 Å². The van der Waals surface area contributed by atoms with Crippen LogP contribution in [-0.4, -0.2) is 36.1 Å². The lowest BCUT2D eigenvalue weighted by atomic mass is 10.1. The molecule has 0 heterocycles. The zero-order valence-electron chi connectivity index (χ0n) is 12.8. The first kappa shape index (κ1) is 15.6. The van der Waals surface area contributed by atoms with Gasteiger partial charge in [0.25, 0.3) is 0 Å². The van der Waals surface area contributed by atoms with Gasteiger partial charge in [-0.05, 0) is 43.3 Å². The number of carboxylic acid groups (broad SMARTS) is 1. The van der Waals surface area contributed by atoms with Gasteiger partial charge in [-0.15, -0.1) is 0 Å². The Morgan fingerprint density at radius 3 is 2.32 bits per heavy atom. The van der Waals surface area contributed by atoms with Crippen molar-refractivity contribution in [2.45, 2.75) is 6.92 Å². The number of rotatable bonds is 4. The summed E-state index contributed by atoms with van der Waals surface area (Å²) in [4.78, 5) is 12.9. The van der Waals surface area contributed by atoms with Gasteiger partial charge in [-0.25, -0.2) is 4.79 Å². The monoisotopic (exact) mass is 298 g/mol. The van der Waals surface area contributed by atoms with E-state index in [0.29, 0.717) is 11.3 Å². The Bertz CT molecular complexity index is 719. The molecule has 2 aromatic carbocycles. The van der Waals surface area contributed by atoms with Crippen LogP contribution in [0, 0.1) is 12.1 Å². The molecule has 114 valence electrons. The molecule has 0 radical (unpaired) electrons. The van der Waals surface area contributed by atoms with Crippen molar-refractivity contribution >= 4 is 23.6 Å². The van der Waals surface area contributed by atoms with Crippen LogP contribution in [0.15, 0.2) is 42.5 Å². The van der Waals surface area contributed by atoms with E-state index in [1.165, 1.54) is 24.4 Å². The fraction of sp³-hybridized carbons (Fsp3) is 0.176. The van der Waals surface area contributed by atoms with Crippen LogP contribution in [0.2, 0.25) is 0 Å². The predicted octanol–water partition coefficient (Wildman–Crippen LogP) is 3.02. The highest BCUT2D eigenvalue weighted by molar-refractivity contribution is 5.88. The van der Waals surface area contributed by atoms with E-state index in [9.17, 15) is 10.0 Å². The summed E-state index contributed by atoms with van der Waals surface area (Å²) in [5, 5.41) is 21.2. The molecule has 0 bridgehead atoms. The molecule has 5 nitrogen and oxygen atoms in total. The molecule has 0 saturated heterocycles. The molecule has 0 saturated carbocycles. The SMILES string of the molecule is Cc1cc(C(=O)O)ccc1[N+]([O-])=Cc1ccc(N(C)C)cc1. The van der Waals surface area contributed by atoms with E-state index in [1.807, 2.05) is 43.3 Å². The van der Waals surface area contributed by atoms with Gasteiger partial charge in [-0.3, -0.25) is 0 Å². The number of nitrogens with zero attached hydrogens (tertiary/aromatic N) is 2. The first-order valence-corrected chi connectivity index (χ1v) is 6.81. The first-order chi connectivity index (χ1) is 10.4. The zero-order valence-corrected chi connectivity index (χ0v) is 12.8. The van der Waals surface area contributed by atoms with Crippen LogP contribution in [0.25, 0.3) is 0 Å². The number of benzene rings is 2. The summed E-state index contributed by atoms with van der Waals surface area (Å²) in [5.74, 6) is -1.00. The highest BCUT2D eigenvalue weighted by atomic mass is 16.5. The van der Waals surface area contributed by atoms with E-state index in [-0.39, 0.29) is 5.56 Å². The summed E-state index contributed by atoms with van der Waals surface area (Å²) in [5.41, 5.74) is 3.06. The molecule has 0 aliphatic rings. The molecule has 2 rings (SSSR count). The van der Waals surface area contributed by atoms with Crippen molar-refractivity contribution in [2.75, 3.05) is 19.0 Å². The molecule has 22 heavy (non-hydrogen) atoms. The van der Waals surface area contributed by atoms with Crippen LogP contribution in [0.5, 0.6) is 0 Å². The van der Waals surface area contributed by atoms with E-state index in [4.69, 9.17) is 5.11 Å². The first-order valence-electron chi connectivity index (χ1n) is 6.81. The summed E-state index contributed by atoms with van der Waals surface area (Å²) in [6.07, 6.45) is 1.47. The highest BCUT2D eigenvalue weighted by Crippen LogP contribution is 2.19. The van der Waals surface area contributed by atoms with Crippen molar-refractivity contribution in [3.05, 3.63) is 64.4 Å². The normalized spacial score (nSPS) is 11.3. The number of aromatic carboxylic acids is 1. The van der Waals surface area contributed by atoms with Gasteiger partial charge in [0.15, 0.2) is 6.21 Å². The van der Waals surface area contributed by atoms with Crippen molar-refractivity contribution in [1.29, 1.82) is 0 Å². The second-order valence-electron chi connectivity index (χ2n) is 5.25. The third-order valence-electron chi connectivity index (χ3n) is 3.36. The largest absolute Gasteiger partial charge is 0.618 e. The molecule has 0 aliphatic carbocycles. The number of hydrogen-bond donors (Lipinski definition) is 1. The molecular formula is C17H18N2O3. The van der Waals surface area contributed by atoms with Gasteiger partial charge >= 0.3 is 5.97 Å². The maximum absolute atomic E-state index is 12.2. The maximum atomic E-state index is 12.2. The van der Waals surface area contributed by atoms with Gasteiger partial charge < -0.3 is 15.2 Å². The molecular weight excluding hydrogens is 280 g/mol. The van der Waals surface area contributed by atoms with Gasteiger partial charge in [0.05, 0.1) is 5.56 Å². The van der Waals surface area contributed by atoms with Gasteiger partial charge in [-0.1, -0.05) is 0 Å². The number of aryl methyl sites for hydroxylation is 1. The Labute approximate surface area is 129 Å². The van der Waals surface area contributed by atoms with E-state index in [0.717, 1.165) is 16.0 Å². The van der Waals surface area contributed by atoms with E-state index in [2.05, 4.69) is 0 Å². The number of carboxylic acids is 1. The lowest BCUT2D eigenvalue weighted by molar-refractivity contribution is -0.355. The Balaban J connectivity index is 2.30. The molecule has 0 aromatic heterocycles. The van der Waals surface area contributed by atoms with Crippen LogP contribution in [-0.2, 0) is 0 Å². The predicted molar refractivity (Wildman–Crippen MR) is 87.4 cm³/mol. The summed E-state index contributed by atoms with van der Waals surface area (Å²) < 4.78 is 0.756. The topological polar surface area (TPSA) is 66.6 Å². The van der Waals surface area contributed by atoms with Crippen molar-refractivity contribution in [2.24, 2.45) is 0 Å². The second-order valence-corrected chi connectivity index (χ2v) is 5.25. The van der Waals surface area contributed by atoms with E-state index in [1.54, 1.807) is 6.92 Å². The molecule has 2 aromatic rings. The van der Waals surface area contributed by atoms with Crippen LogP contribution >= 0.6 is 0 Å². The average molecular weight is 298 g/mol. The molecule has 0 aliphatic heterocycles. The minimum Gasteiger partial charge on any atom is -0.618 e. The Morgan fingerprint density at radius 2 is 1.82 bits per heavy atom. The lowest BCUT2D eigenvalue weighted by Gasteiger charge is -2.12. The number of anilines is 1. The van der Waals surface area contributed by atoms with Gasteiger partial charge in [-0.2, -0.15) is 4.74 Å². The molecule has 1 N–H and O–H groups in total. The molecule has 0 amide bonds. The summed E-state index contributed by atoms with van der Waals surface area (Å²) in [6.45, 7) is 1.72. The molecule has 0 spiro atoms. The second kappa shape index (κ2) is 6.30. The van der Waals surface area contributed by atoms with E-state index >= 15 is 0 Å². The zero-order chi connectivity index (χ0) is 16.3.